The van der Waals surface area contributed by atoms with Crippen molar-refractivity contribution in [1.29, 1.82) is 0 Å². The molecule has 0 aromatic carbocycles. The van der Waals surface area contributed by atoms with E-state index in [1.165, 1.54) is 16.1 Å². The van der Waals surface area contributed by atoms with Gasteiger partial charge in [0, 0.05) is 30.1 Å². The largest absolute Gasteiger partial charge is 0.265 e. The van der Waals surface area contributed by atoms with Crippen LogP contribution >= 0.6 is 11.3 Å². The maximum atomic E-state index is 4.12. The Morgan fingerprint density at radius 2 is 1.70 bits per heavy atom. The SMILES string of the molecule is Cc1c(C(C)(C)C)sc[n+]1CC(C)(C)c1ccncc1. The molecule has 0 aliphatic carbocycles. The number of aromatic nitrogens is 2. The van der Waals surface area contributed by atoms with Crippen molar-refractivity contribution in [3.05, 3.63) is 46.2 Å². The molecule has 108 valence electrons. The Hall–Kier alpha value is -1.22. The van der Waals surface area contributed by atoms with Crippen molar-refractivity contribution in [2.75, 3.05) is 0 Å². The van der Waals surface area contributed by atoms with Gasteiger partial charge in [0.15, 0.2) is 12.2 Å². The van der Waals surface area contributed by atoms with E-state index in [0.29, 0.717) is 0 Å². The summed E-state index contributed by atoms with van der Waals surface area (Å²) in [5, 5.41) is 0. The van der Waals surface area contributed by atoms with E-state index in [0.717, 1.165) is 6.54 Å². The molecule has 20 heavy (non-hydrogen) atoms. The minimum atomic E-state index is 0.106. The number of hydrogen-bond donors (Lipinski definition) is 0. The summed E-state index contributed by atoms with van der Waals surface area (Å²) in [5.74, 6) is 0. The number of thiazole rings is 1. The van der Waals surface area contributed by atoms with Gasteiger partial charge in [-0.3, -0.25) is 4.98 Å². The molecule has 2 rings (SSSR count). The van der Waals surface area contributed by atoms with E-state index in [9.17, 15) is 0 Å². The van der Waals surface area contributed by atoms with E-state index in [-0.39, 0.29) is 10.8 Å². The Bertz CT molecular complexity index is 577. The van der Waals surface area contributed by atoms with Crippen LogP contribution in [0.2, 0.25) is 0 Å². The predicted molar refractivity (Wildman–Crippen MR) is 85.2 cm³/mol. The molecular formula is C17H25N2S+. The Kier molecular flexibility index (Phi) is 4.01. The summed E-state index contributed by atoms with van der Waals surface area (Å²) in [6.07, 6.45) is 3.76. The van der Waals surface area contributed by atoms with Gasteiger partial charge in [-0.1, -0.05) is 32.1 Å². The van der Waals surface area contributed by atoms with Crippen molar-refractivity contribution in [1.82, 2.24) is 4.98 Å². The smallest absolute Gasteiger partial charge is 0.225 e. The zero-order valence-corrected chi connectivity index (χ0v) is 14.2. The van der Waals surface area contributed by atoms with Crippen LogP contribution in [0.25, 0.3) is 0 Å². The maximum absolute atomic E-state index is 4.12. The lowest BCUT2D eigenvalue weighted by Crippen LogP contribution is -2.44. The van der Waals surface area contributed by atoms with Gasteiger partial charge in [-0.05, 0) is 31.5 Å². The average molecular weight is 289 g/mol. The van der Waals surface area contributed by atoms with Crippen LogP contribution in [0.5, 0.6) is 0 Å². The van der Waals surface area contributed by atoms with Crippen LogP contribution in [0.3, 0.4) is 0 Å². The Morgan fingerprint density at radius 3 is 2.20 bits per heavy atom. The summed E-state index contributed by atoms with van der Waals surface area (Å²) in [5.41, 5.74) is 5.32. The summed E-state index contributed by atoms with van der Waals surface area (Å²) < 4.78 is 2.39. The molecule has 3 heteroatoms. The number of rotatable bonds is 3. The molecule has 0 saturated carbocycles. The Morgan fingerprint density at radius 1 is 1.10 bits per heavy atom. The van der Waals surface area contributed by atoms with Gasteiger partial charge in [-0.15, -0.1) is 0 Å². The monoisotopic (exact) mass is 289 g/mol. The van der Waals surface area contributed by atoms with E-state index in [2.05, 4.69) is 68.7 Å². The zero-order valence-electron chi connectivity index (χ0n) is 13.4. The molecule has 2 aromatic rings. The minimum absolute atomic E-state index is 0.106. The van der Waals surface area contributed by atoms with Crippen LogP contribution in [0, 0.1) is 6.92 Å². The van der Waals surface area contributed by atoms with Crippen LogP contribution in [0.1, 0.15) is 50.8 Å². The first-order valence-corrected chi connectivity index (χ1v) is 7.98. The molecule has 0 amide bonds. The highest BCUT2D eigenvalue weighted by Gasteiger charge is 2.31. The lowest BCUT2D eigenvalue weighted by molar-refractivity contribution is -0.705. The molecule has 0 fully saturated rings. The molecule has 0 unspecified atom stereocenters. The first-order valence-electron chi connectivity index (χ1n) is 7.10. The van der Waals surface area contributed by atoms with E-state index < -0.39 is 0 Å². The number of nitrogens with zero attached hydrogens (tertiary/aromatic N) is 2. The van der Waals surface area contributed by atoms with E-state index in [1.807, 2.05) is 23.7 Å². The van der Waals surface area contributed by atoms with Gasteiger partial charge >= 0.3 is 0 Å². The van der Waals surface area contributed by atoms with E-state index in [1.54, 1.807) is 0 Å². The van der Waals surface area contributed by atoms with Gasteiger partial charge in [0.25, 0.3) is 0 Å². The van der Waals surface area contributed by atoms with Gasteiger partial charge in [-0.2, -0.15) is 4.57 Å². The highest BCUT2D eigenvalue weighted by atomic mass is 32.1. The number of hydrogen-bond acceptors (Lipinski definition) is 2. The number of pyridine rings is 1. The van der Waals surface area contributed by atoms with Gasteiger partial charge in [0.05, 0.1) is 4.88 Å². The normalized spacial score (nSPS) is 12.7. The summed E-state index contributed by atoms with van der Waals surface area (Å²) in [4.78, 5) is 5.59. The summed E-state index contributed by atoms with van der Waals surface area (Å²) >= 11 is 1.87. The van der Waals surface area contributed by atoms with Gasteiger partial charge in [0.2, 0.25) is 5.51 Å². The van der Waals surface area contributed by atoms with Gasteiger partial charge in [-0.25, -0.2) is 0 Å². The summed E-state index contributed by atoms with van der Waals surface area (Å²) in [6, 6.07) is 4.24. The van der Waals surface area contributed by atoms with Crippen molar-refractivity contribution in [3.8, 4) is 0 Å². The molecule has 0 spiro atoms. The second kappa shape index (κ2) is 5.28. The third-order valence-corrected chi connectivity index (χ3v) is 5.27. The molecule has 0 N–H and O–H groups in total. The molecule has 0 saturated heterocycles. The fourth-order valence-corrected chi connectivity index (χ4v) is 3.71. The molecule has 2 nitrogen and oxygen atoms in total. The quantitative estimate of drug-likeness (QED) is 0.780. The minimum Gasteiger partial charge on any atom is -0.265 e. The van der Waals surface area contributed by atoms with Crippen molar-refractivity contribution < 1.29 is 4.57 Å². The summed E-state index contributed by atoms with van der Waals surface area (Å²) in [7, 11) is 0. The van der Waals surface area contributed by atoms with Crippen molar-refractivity contribution in [2.24, 2.45) is 0 Å². The standard InChI is InChI=1S/C17H25N2S/c1-13-15(16(2,3)4)20-12-19(13)11-17(5,6)14-7-9-18-10-8-14/h7-10,12H,11H2,1-6H3/q+1. The molecule has 0 bridgehead atoms. The average Bonchev–Trinajstić information content (AvgIpc) is 2.71. The molecule has 0 aliphatic heterocycles. The lowest BCUT2D eigenvalue weighted by Gasteiger charge is -2.21. The van der Waals surface area contributed by atoms with Gasteiger partial charge in [0.1, 0.15) is 0 Å². The van der Waals surface area contributed by atoms with Crippen molar-refractivity contribution in [3.63, 3.8) is 0 Å². The molecular weight excluding hydrogens is 264 g/mol. The Labute approximate surface area is 126 Å². The second-order valence-corrected chi connectivity index (χ2v) is 7.99. The highest BCUT2D eigenvalue weighted by molar-refractivity contribution is 7.09. The predicted octanol–water partition coefficient (Wildman–Crippen LogP) is 4.01. The lowest BCUT2D eigenvalue weighted by atomic mass is 9.85. The topological polar surface area (TPSA) is 16.8 Å². The fourth-order valence-electron chi connectivity index (χ4n) is 2.61. The van der Waals surface area contributed by atoms with Crippen LogP contribution < -0.4 is 4.57 Å². The van der Waals surface area contributed by atoms with E-state index >= 15 is 0 Å². The molecule has 2 aromatic heterocycles. The Balaban J connectivity index is 2.29. The van der Waals surface area contributed by atoms with Crippen LogP contribution in [-0.4, -0.2) is 4.98 Å². The third-order valence-electron chi connectivity index (χ3n) is 3.77. The van der Waals surface area contributed by atoms with Crippen LogP contribution in [-0.2, 0) is 17.4 Å². The maximum Gasteiger partial charge on any atom is 0.225 e. The second-order valence-electron chi connectivity index (χ2n) is 7.14. The highest BCUT2D eigenvalue weighted by Crippen LogP contribution is 2.29. The molecule has 0 radical (unpaired) electrons. The third kappa shape index (κ3) is 3.09. The molecule has 0 aliphatic rings. The van der Waals surface area contributed by atoms with Gasteiger partial charge < -0.3 is 0 Å². The first kappa shape index (κ1) is 15.2. The van der Waals surface area contributed by atoms with Crippen molar-refractivity contribution >= 4 is 11.3 Å². The van der Waals surface area contributed by atoms with Crippen molar-refractivity contribution in [2.45, 2.75) is 58.9 Å². The zero-order chi connectivity index (χ0) is 15.0. The fraction of sp³-hybridized carbons (Fsp3) is 0.529. The van der Waals surface area contributed by atoms with Crippen LogP contribution in [0.4, 0.5) is 0 Å². The van der Waals surface area contributed by atoms with Crippen LogP contribution in [0.15, 0.2) is 30.0 Å². The molecule has 0 atom stereocenters. The summed E-state index contributed by atoms with van der Waals surface area (Å²) in [6.45, 7) is 14.7. The van der Waals surface area contributed by atoms with E-state index in [4.69, 9.17) is 0 Å². The first-order chi connectivity index (χ1) is 9.22. The molecule has 2 heterocycles.